The molecule has 0 radical (unpaired) electrons. The molecule has 1 aliphatic carbocycles. The van der Waals surface area contributed by atoms with E-state index in [4.69, 9.17) is 10.5 Å². The number of ether oxygens (including phenoxy) is 1. The van der Waals surface area contributed by atoms with Crippen molar-refractivity contribution in [2.45, 2.75) is 25.4 Å². The van der Waals surface area contributed by atoms with Crippen LogP contribution in [0.25, 0.3) is 0 Å². The standard InChI is InChI=1S/C14H16FN3O2.ClH/c15-4-9(5-16)8-20-12-3-10-7-18(11-1-2-11)14(19)13(10)17-6-12;/h3-4,6,11H,1-2,5,7-8,16H2;1H. The lowest BCUT2D eigenvalue weighted by Gasteiger charge is -2.12. The zero-order valence-corrected chi connectivity index (χ0v) is 12.2. The highest BCUT2D eigenvalue weighted by atomic mass is 35.5. The summed E-state index contributed by atoms with van der Waals surface area (Å²) in [6.07, 6.45) is 4.10. The normalized spacial score (nSPS) is 17.5. The van der Waals surface area contributed by atoms with Gasteiger partial charge in [-0.3, -0.25) is 4.79 Å². The predicted molar refractivity (Wildman–Crippen MR) is 78.1 cm³/mol. The molecule has 114 valence electrons. The Bertz CT molecular complexity index is 575. The first kappa shape index (κ1) is 15.7. The SMILES string of the molecule is Cl.NCC(=CF)COc1cnc2c(c1)CN(C1CC1)C2=O. The third-order valence-electron chi connectivity index (χ3n) is 3.57. The van der Waals surface area contributed by atoms with Crippen molar-refractivity contribution in [2.75, 3.05) is 13.2 Å². The lowest BCUT2D eigenvalue weighted by molar-refractivity contribution is 0.0762. The monoisotopic (exact) mass is 313 g/mol. The summed E-state index contributed by atoms with van der Waals surface area (Å²) in [7, 11) is 0. The number of hydrogen-bond acceptors (Lipinski definition) is 4. The fraction of sp³-hybridized carbons (Fsp3) is 0.429. The van der Waals surface area contributed by atoms with Crippen LogP contribution in [0.15, 0.2) is 24.2 Å². The van der Waals surface area contributed by atoms with Crippen LogP contribution in [0.4, 0.5) is 4.39 Å². The maximum atomic E-state index is 12.4. The zero-order valence-electron chi connectivity index (χ0n) is 11.4. The van der Waals surface area contributed by atoms with Gasteiger partial charge in [-0.2, -0.15) is 0 Å². The second-order valence-corrected chi connectivity index (χ2v) is 5.10. The minimum Gasteiger partial charge on any atom is -0.487 e. The summed E-state index contributed by atoms with van der Waals surface area (Å²) >= 11 is 0. The average Bonchev–Trinajstić information content (AvgIpc) is 3.25. The molecule has 1 aromatic heterocycles. The Morgan fingerprint density at radius 1 is 1.57 bits per heavy atom. The second-order valence-electron chi connectivity index (χ2n) is 5.10. The summed E-state index contributed by atoms with van der Waals surface area (Å²) in [4.78, 5) is 18.1. The van der Waals surface area contributed by atoms with Gasteiger partial charge in [0.05, 0.1) is 12.5 Å². The number of pyridine rings is 1. The first-order valence-corrected chi connectivity index (χ1v) is 6.64. The van der Waals surface area contributed by atoms with Crippen molar-refractivity contribution in [1.82, 2.24) is 9.88 Å². The molecule has 2 N–H and O–H groups in total. The quantitative estimate of drug-likeness (QED) is 0.900. The number of nitrogens with two attached hydrogens (primary N) is 1. The summed E-state index contributed by atoms with van der Waals surface area (Å²) < 4.78 is 17.8. The Labute approximate surface area is 128 Å². The summed E-state index contributed by atoms with van der Waals surface area (Å²) in [5.41, 5.74) is 7.11. The third-order valence-corrected chi connectivity index (χ3v) is 3.57. The van der Waals surface area contributed by atoms with E-state index >= 15 is 0 Å². The Kier molecular flexibility index (Phi) is 4.80. The van der Waals surface area contributed by atoms with Crippen LogP contribution in [-0.2, 0) is 6.54 Å². The molecule has 3 rings (SSSR count). The highest BCUT2D eigenvalue weighted by Gasteiger charge is 2.39. The minimum absolute atomic E-state index is 0. The van der Waals surface area contributed by atoms with Crippen molar-refractivity contribution in [3.63, 3.8) is 0 Å². The lowest BCUT2D eigenvalue weighted by Crippen LogP contribution is -2.26. The van der Waals surface area contributed by atoms with Gasteiger partial charge in [0.25, 0.3) is 5.91 Å². The molecular weight excluding hydrogens is 297 g/mol. The molecule has 1 amide bonds. The van der Waals surface area contributed by atoms with Gasteiger partial charge >= 0.3 is 0 Å². The van der Waals surface area contributed by atoms with Crippen molar-refractivity contribution < 1.29 is 13.9 Å². The van der Waals surface area contributed by atoms with Gasteiger partial charge in [0.15, 0.2) is 0 Å². The van der Waals surface area contributed by atoms with E-state index in [9.17, 15) is 9.18 Å². The van der Waals surface area contributed by atoms with E-state index in [-0.39, 0.29) is 31.5 Å². The highest BCUT2D eigenvalue weighted by molar-refractivity contribution is 5.96. The fourth-order valence-electron chi connectivity index (χ4n) is 2.26. The van der Waals surface area contributed by atoms with Gasteiger partial charge in [-0.05, 0) is 18.9 Å². The van der Waals surface area contributed by atoms with Gasteiger partial charge in [0.2, 0.25) is 0 Å². The molecule has 5 nitrogen and oxygen atoms in total. The van der Waals surface area contributed by atoms with E-state index in [1.807, 2.05) is 4.90 Å². The topological polar surface area (TPSA) is 68.5 Å². The third kappa shape index (κ3) is 3.16. The molecular formula is C14H17ClFN3O2. The van der Waals surface area contributed by atoms with Crippen LogP contribution in [0.1, 0.15) is 28.9 Å². The zero-order chi connectivity index (χ0) is 14.1. The van der Waals surface area contributed by atoms with E-state index in [1.54, 1.807) is 6.07 Å². The number of carbonyl (C=O) groups is 1. The summed E-state index contributed by atoms with van der Waals surface area (Å²) in [5, 5.41) is 0. The van der Waals surface area contributed by atoms with Gasteiger partial charge in [-0.15, -0.1) is 12.4 Å². The molecule has 0 saturated heterocycles. The first-order chi connectivity index (χ1) is 9.72. The Hall–Kier alpha value is -1.66. The average molecular weight is 314 g/mol. The fourth-order valence-corrected chi connectivity index (χ4v) is 2.26. The van der Waals surface area contributed by atoms with E-state index in [0.29, 0.717) is 35.9 Å². The lowest BCUT2D eigenvalue weighted by atomic mass is 10.2. The highest BCUT2D eigenvalue weighted by Crippen LogP contribution is 2.34. The number of halogens is 2. The van der Waals surface area contributed by atoms with Crippen LogP contribution in [0.2, 0.25) is 0 Å². The molecule has 1 aliphatic heterocycles. The summed E-state index contributed by atoms with van der Waals surface area (Å²) in [6, 6.07) is 2.18. The van der Waals surface area contributed by atoms with E-state index in [1.165, 1.54) is 6.20 Å². The Morgan fingerprint density at radius 3 is 2.95 bits per heavy atom. The van der Waals surface area contributed by atoms with E-state index in [0.717, 1.165) is 18.4 Å². The maximum absolute atomic E-state index is 12.4. The number of aromatic nitrogens is 1. The number of hydrogen-bond donors (Lipinski definition) is 1. The van der Waals surface area contributed by atoms with E-state index in [2.05, 4.69) is 4.98 Å². The molecule has 1 fully saturated rings. The summed E-state index contributed by atoms with van der Waals surface area (Å²) in [5.74, 6) is 0.530. The van der Waals surface area contributed by atoms with Crippen molar-refractivity contribution in [2.24, 2.45) is 5.73 Å². The van der Waals surface area contributed by atoms with Crippen molar-refractivity contribution in [3.05, 3.63) is 35.4 Å². The number of amides is 1. The van der Waals surface area contributed by atoms with Crippen molar-refractivity contribution >= 4 is 18.3 Å². The molecule has 2 heterocycles. The molecule has 1 saturated carbocycles. The minimum atomic E-state index is 0. The number of nitrogens with zero attached hydrogens (tertiary/aromatic N) is 2. The van der Waals surface area contributed by atoms with Crippen LogP contribution in [0.3, 0.4) is 0 Å². The molecule has 2 aliphatic rings. The number of rotatable bonds is 5. The van der Waals surface area contributed by atoms with Gasteiger partial charge in [-0.1, -0.05) is 0 Å². The van der Waals surface area contributed by atoms with Crippen LogP contribution < -0.4 is 10.5 Å². The van der Waals surface area contributed by atoms with Crippen molar-refractivity contribution in [3.8, 4) is 5.75 Å². The van der Waals surface area contributed by atoms with Gasteiger partial charge in [-0.25, -0.2) is 9.37 Å². The molecule has 21 heavy (non-hydrogen) atoms. The largest absolute Gasteiger partial charge is 0.487 e. The van der Waals surface area contributed by atoms with Crippen molar-refractivity contribution in [1.29, 1.82) is 0 Å². The van der Waals surface area contributed by atoms with Gasteiger partial charge in [0.1, 0.15) is 18.1 Å². The number of fused-ring (bicyclic) bond motifs is 1. The second kappa shape index (κ2) is 6.41. The molecule has 1 aromatic rings. The smallest absolute Gasteiger partial charge is 0.273 e. The van der Waals surface area contributed by atoms with Crippen LogP contribution in [0.5, 0.6) is 5.75 Å². The summed E-state index contributed by atoms with van der Waals surface area (Å²) in [6.45, 7) is 0.794. The molecule has 0 aromatic carbocycles. The van der Waals surface area contributed by atoms with Gasteiger partial charge < -0.3 is 15.4 Å². The maximum Gasteiger partial charge on any atom is 0.273 e. The Balaban J connectivity index is 0.00000161. The van der Waals surface area contributed by atoms with Crippen LogP contribution >= 0.6 is 12.4 Å². The van der Waals surface area contributed by atoms with Crippen LogP contribution in [-0.4, -0.2) is 35.0 Å². The number of carbonyl (C=O) groups excluding carboxylic acids is 1. The Morgan fingerprint density at radius 2 is 2.33 bits per heavy atom. The molecule has 0 unspecified atom stereocenters. The molecule has 0 atom stereocenters. The van der Waals surface area contributed by atoms with Gasteiger partial charge in [0, 0.05) is 30.3 Å². The first-order valence-electron chi connectivity index (χ1n) is 6.64. The molecule has 0 bridgehead atoms. The molecule has 0 spiro atoms. The predicted octanol–water partition coefficient (Wildman–Crippen LogP) is 1.81. The van der Waals surface area contributed by atoms with E-state index < -0.39 is 0 Å². The van der Waals surface area contributed by atoms with Crippen LogP contribution in [0, 0.1) is 0 Å². The molecule has 7 heteroatoms.